The van der Waals surface area contributed by atoms with E-state index in [1.54, 1.807) is 6.08 Å². The summed E-state index contributed by atoms with van der Waals surface area (Å²) in [5, 5.41) is 0. The molecule has 0 atom stereocenters. The quantitative estimate of drug-likeness (QED) is 0.314. The van der Waals surface area contributed by atoms with Crippen molar-refractivity contribution in [3.8, 4) is 0 Å². The van der Waals surface area contributed by atoms with Gasteiger partial charge in [-0.25, -0.2) is 0 Å². The van der Waals surface area contributed by atoms with Crippen molar-refractivity contribution in [2.24, 2.45) is 0 Å². The summed E-state index contributed by atoms with van der Waals surface area (Å²) in [5.74, 6) is 0. The molecule has 0 aromatic heterocycles. The molecule has 0 aliphatic carbocycles. The predicted molar refractivity (Wildman–Crippen MR) is 46.9 cm³/mol. The Balaban J connectivity index is 3.59. The lowest BCUT2D eigenvalue weighted by molar-refractivity contribution is 1.18. The second-order valence-electron chi connectivity index (χ2n) is 2.09. The predicted octanol–water partition coefficient (Wildman–Crippen LogP) is 3.24. The van der Waals surface area contributed by atoms with Crippen molar-refractivity contribution in [2.45, 2.75) is 19.8 Å². The van der Waals surface area contributed by atoms with Crippen LogP contribution in [0.3, 0.4) is 0 Å². The first kappa shape index (κ1) is 9.00. The Labute approximate surface area is 63.3 Å². The van der Waals surface area contributed by atoms with Crippen molar-refractivity contribution in [3.05, 3.63) is 42.7 Å². The van der Waals surface area contributed by atoms with E-state index in [1.807, 2.05) is 0 Å². The Morgan fingerprint density at radius 2 is 2.20 bits per heavy atom. The molecule has 0 heteroatoms. The Hall–Kier alpha value is -1.00. The van der Waals surface area contributed by atoms with Gasteiger partial charge in [-0.2, -0.15) is 0 Å². The van der Waals surface area contributed by atoms with Crippen LogP contribution in [-0.4, -0.2) is 0 Å². The van der Waals surface area contributed by atoms with E-state index in [1.165, 1.54) is 0 Å². The Kier molecular flexibility index (Phi) is 5.51. The van der Waals surface area contributed by atoms with Crippen LogP contribution in [0.25, 0.3) is 0 Å². The zero-order chi connectivity index (χ0) is 7.82. The van der Waals surface area contributed by atoms with Gasteiger partial charge in [0.15, 0.2) is 0 Å². The van der Waals surface area contributed by atoms with E-state index >= 15 is 0 Å². The minimum Gasteiger partial charge on any atom is -0.128 e. The molecule has 0 spiro atoms. The lowest BCUT2D eigenvalue weighted by Crippen LogP contribution is -1.68. The molecule has 0 aromatic carbocycles. The largest absolute Gasteiger partial charge is 0.128 e. The van der Waals surface area contributed by atoms with Crippen LogP contribution in [0.15, 0.2) is 42.7 Å². The third-order valence-corrected chi connectivity index (χ3v) is 1.09. The van der Waals surface area contributed by atoms with Crippen LogP contribution in [0.1, 0.15) is 19.8 Å². The molecule has 0 rings (SSSR count). The third-order valence-electron chi connectivity index (χ3n) is 1.09. The van der Waals surface area contributed by atoms with Gasteiger partial charge >= 0.3 is 0 Å². The molecule has 0 aliphatic rings. The summed E-state index contributed by atoms with van der Waals surface area (Å²) in [4.78, 5) is 0. The van der Waals surface area contributed by atoms with E-state index in [0.717, 1.165) is 18.4 Å². The minimum atomic E-state index is 0.913. The molecule has 0 unspecified atom stereocenters. The van der Waals surface area contributed by atoms with Gasteiger partial charge in [0.2, 0.25) is 0 Å². The molecule has 54 valence electrons. The van der Waals surface area contributed by atoms with Gasteiger partial charge in [-0.3, -0.25) is 0 Å². The highest BCUT2D eigenvalue weighted by Gasteiger charge is 1.80. The van der Waals surface area contributed by atoms with Crippen LogP contribution in [-0.2, 0) is 0 Å². The highest BCUT2D eigenvalue weighted by atomic mass is 13.9. The molecule has 0 nitrogen and oxygen atoms in total. The molecular formula is C10H14. The second kappa shape index (κ2) is 6.12. The normalized spacial score (nSPS) is 9.30. The maximum Gasteiger partial charge on any atom is -0.00972 e. The average Bonchev–Trinajstić information content (AvgIpc) is 1.89. The van der Waals surface area contributed by atoms with E-state index in [2.05, 4.69) is 38.0 Å². The van der Waals surface area contributed by atoms with Crippen molar-refractivity contribution in [3.63, 3.8) is 0 Å². The lowest BCUT2D eigenvalue weighted by atomic mass is 10.2. The molecule has 0 fully saturated rings. The molecule has 10 heavy (non-hydrogen) atoms. The first-order chi connectivity index (χ1) is 4.81. The Bertz CT molecular complexity index is 166. The number of hydrogen-bond donors (Lipinski definition) is 0. The summed E-state index contributed by atoms with van der Waals surface area (Å²) in [6, 6.07) is 0. The van der Waals surface area contributed by atoms with Crippen molar-refractivity contribution in [1.82, 2.24) is 0 Å². The van der Waals surface area contributed by atoms with E-state index in [9.17, 15) is 0 Å². The van der Waals surface area contributed by atoms with Gasteiger partial charge in [-0.1, -0.05) is 32.2 Å². The van der Waals surface area contributed by atoms with Crippen LogP contribution < -0.4 is 0 Å². The topological polar surface area (TPSA) is 0 Å². The molecule has 0 aromatic rings. The zero-order valence-corrected chi connectivity index (χ0v) is 6.56. The first-order valence-corrected chi connectivity index (χ1v) is 3.49. The van der Waals surface area contributed by atoms with Crippen LogP contribution in [0.5, 0.6) is 0 Å². The summed E-state index contributed by atoms with van der Waals surface area (Å²) in [6.07, 6.45) is 8.04. The molecule has 0 aliphatic heterocycles. The summed E-state index contributed by atoms with van der Waals surface area (Å²) in [7, 11) is 0. The molecule has 0 bridgehead atoms. The van der Waals surface area contributed by atoms with Crippen molar-refractivity contribution in [2.75, 3.05) is 0 Å². The summed E-state index contributed by atoms with van der Waals surface area (Å²) in [5.41, 5.74) is 3.74. The minimum absolute atomic E-state index is 0.913. The van der Waals surface area contributed by atoms with Crippen LogP contribution in [0, 0.1) is 0 Å². The fraction of sp³-hybridized carbons (Fsp3) is 0.300. The molecule has 0 radical (unpaired) electrons. The molecular weight excluding hydrogens is 120 g/mol. The van der Waals surface area contributed by atoms with Gasteiger partial charge in [0.1, 0.15) is 0 Å². The maximum atomic E-state index is 3.81. The number of hydrogen-bond acceptors (Lipinski definition) is 0. The van der Waals surface area contributed by atoms with Gasteiger partial charge in [0.25, 0.3) is 0 Å². The molecule has 0 heterocycles. The lowest BCUT2D eigenvalue weighted by Gasteiger charge is -1.88. The highest BCUT2D eigenvalue weighted by Crippen LogP contribution is 1.99. The summed E-state index contributed by atoms with van der Waals surface area (Å²) >= 11 is 0. The van der Waals surface area contributed by atoms with E-state index in [0.29, 0.717) is 0 Å². The summed E-state index contributed by atoms with van der Waals surface area (Å²) < 4.78 is 0. The first-order valence-electron chi connectivity index (χ1n) is 3.49. The maximum absolute atomic E-state index is 3.81. The van der Waals surface area contributed by atoms with Crippen molar-refractivity contribution in [1.29, 1.82) is 0 Å². The van der Waals surface area contributed by atoms with E-state index in [-0.39, 0.29) is 0 Å². The van der Waals surface area contributed by atoms with E-state index < -0.39 is 0 Å². The molecule has 0 saturated carbocycles. The Morgan fingerprint density at radius 1 is 1.50 bits per heavy atom. The van der Waals surface area contributed by atoms with Crippen LogP contribution >= 0.6 is 0 Å². The molecule has 0 N–H and O–H groups in total. The van der Waals surface area contributed by atoms with Gasteiger partial charge < -0.3 is 0 Å². The number of allylic oxidation sites excluding steroid dienone is 4. The Morgan fingerprint density at radius 3 is 2.70 bits per heavy atom. The zero-order valence-electron chi connectivity index (χ0n) is 6.56. The summed E-state index contributed by atoms with van der Waals surface area (Å²) in [6.45, 7) is 9.38. The monoisotopic (exact) mass is 134 g/mol. The average molecular weight is 134 g/mol. The van der Waals surface area contributed by atoms with Crippen molar-refractivity contribution >= 4 is 0 Å². The standard InChI is InChI=1S/C10H14/c1-4-6-7-9-10(3)8-5-2/h6-8H,2-4,9H2,1H3/b7-6-. The van der Waals surface area contributed by atoms with Crippen LogP contribution in [0.2, 0.25) is 0 Å². The molecule has 0 amide bonds. The molecule has 0 saturated heterocycles. The highest BCUT2D eigenvalue weighted by molar-refractivity contribution is 5.16. The van der Waals surface area contributed by atoms with Gasteiger partial charge in [-0.05, 0) is 24.5 Å². The van der Waals surface area contributed by atoms with Crippen molar-refractivity contribution < 1.29 is 0 Å². The third kappa shape index (κ3) is 5.14. The van der Waals surface area contributed by atoms with Crippen LogP contribution in [0.4, 0.5) is 0 Å². The number of rotatable bonds is 4. The van der Waals surface area contributed by atoms with Gasteiger partial charge in [0, 0.05) is 0 Å². The van der Waals surface area contributed by atoms with Gasteiger partial charge in [0.05, 0.1) is 0 Å². The fourth-order valence-corrected chi connectivity index (χ4v) is 0.605. The smallest absolute Gasteiger partial charge is 0.00972 e. The second-order valence-corrected chi connectivity index (χ2v) is 2.09. The fourth-order valence-electron chi connectivity index (χ4n) is 0.605. The SMILES string of the molecule is C=C=CC(=C)C/C=C\CC. The van der Waals surface area contributed by atoms with E-state index in [4.69, 9.17) is 0 Å². The van der Waals surface area contributed by atoms with Gasteiger partial charge in [-0.15, -0.1) is 5.73 Å².